The normalized spacial score (nSPS) is 21.0. The Morgan fingerprint density at radius 1 is 1.25 bits per heavy atom. The summed E-state index contributed by atoms with van der Waals surface area (Å²) in [5, 5.41) is 0. The Kier molecular flexibility index (Phi) is 5.33. The lowest BCUT2D eigenvalue weighted by Gasteiger charge is -2.50. The summed E-state index contributed by atoms with van der Waals surface area (Å²) in [6.07, 6.45) is 1.30. The Morgan fingerprint density at radius 2 is 1.92 bits per heavy atom. The second-order valence-electron chi connectivity index (χ2n) is 7.28. The van der Waals surface area contributed by atoms with Gasteiger partial charge >= 0.3 is 11.9 Å². The summed E-state index contributed by atoms with van der Waals surface area (Å²) in [7, 11) is 1.94. The maximum atomic E-state index is 13.0. The molecule has 0 aliphatic carbocycles. The Hall–Kier alpha value is -1.88. The zero-order chi connectivity index (χ0) is 18.0. The number of hydrogen-bond acceptors (Lipinski definition) is 5. The number of esters is 2. The summed E-state index contributed by atoms with van der Waals surface area (Å²) in [5.41, 5.74) is 0.670. The van der Waals surface area contributed by atoms with Gasteiger partial charge in [-0.05, 0) is 45.4 Å². The molecule has 0 unspecified atom stereocenters. The minimum absolute atomic E-state index is 0.219. The summed E-state index contributed by atoms with van der Waals surface area (Å²) in [4.78, 5) is 26.0. The van der Waals surface area contributed by atoms with Gasteiger partial charge < -0.3 is 9.47 Å². The fraction of sp³-hybridized carbons (Fsp3) is 0.579. The summed E-state index contributed by atoms with van der Waals surface area (Å²) in [5.74, 6) is -0.515. The maximum Gasteiger partial charge on any atom is 0.331 e. The number of rotatable bonds is 5. The molecular weight excluding hydrogens is 306 g/mol. The van der Waals surface area contributed by atoms with Crippen LogP contribution in [-0.4, -0.2) is 42.6 Å². The topological polar surface area (TPSA) is 55.8 Å². The van der Waals surface area contributed by atoms with Crippen LogP contribution in [0.3, 0.4) is 0 Å². The number of benzene rings is 1. The van der Waals surface area contributed by atoms with E-state index < -0.39 is 11.1 Å². The summed E-state index contributed by atoms with van der Waals surface area (Å²) in [6, 6.07) is 7.83. The molecular formula is C19H27NO4. The van der Waals surface area contributed by atoms with Crippen LogP contribution >= 0.6 is 0 Å². The molecule has 5 heteroatoms. The quantitative estimate of drug-likeness (QED) is 0.776. The standard InChI is InChI=1S/C19H27NO4/c1-14(21)23-13-10-15-8-6-7-9-16(15)19(11-12-20(19)5)17(22)24-18(2,3)4/h6-9H,10-13H2,1-5H3/t19-/m1/s1. The van der Waals surface area contributed by atoms with Crippen LogP contribution in [0.25, 0.3) is 0 Å². The third-order valence-corrected chi connectivity index (χ3v) is 4.34. The number of carbonyl (C=O) groups is 2. The number of likely N-dealkylation sites (tertiary alicyclic amines) is 1. The van der Waals surface area contributed by atoms with E-state index in [4.69, 9.17) is 9.47 Å². The lowest BCUT2D eigenvalue weighted by Crippen LogP contribution is -2.61. The van der Waals surface area contributed by atoms with Crippen molar-refractivity contribution in [3.63, 3.8) is 0 Å². The SMILES string of the molecule is CC(=O)OCCc1ccccc1[C@@]1(C(=O)OC(C)(C)C)CCN1C. The molecule has 1 fully saturated rings. The lowest BCUT2D eigenvalue weighted by molar-refractivity contribution is -0.179. The molecule has 0 N–H and O–H groups in total. The monoisotopic (exact) mass is 333 g/mol. The molecule has 1 aromatic carbocycles. The molecule has 132 valence electrons. The van der Waals surface area contributed by atoms with Gasteiger partial charge in [-0.3, -0.25) is 9.69 Å². The largest absolute Gasteiger partial charge is 0.466 e. The molecule has 1 atom stereocenters. The van der Waals surface area contributed by atoms with E-state index in [0.717, 1.165) is 24.1 Å². The Bertz CT molecular complexity index is 620. The van der Waals surface area contributed by atoms with Crippen molar-refractivity contribution in [3.8, 4) is 0 Å². The van der Waals surface area contributed by atoms with Crippen molar-refractivity contribution in [2.24, 2.45) is 0 Å². The molecule has 0 saturated carbocycles. The van der Waals surface area contributed by atoms with Crippen molar-refractivity contribution < 1.29 is 19.1 Å². The van der Waals surface area contributed by atoms with Crippen molar-refractivity contribution in [1.82, 2.24) is 4.90 Å². The third kappa shape index (κ3) is 3.78. The first kappa shape index (κ1) is 18.5. The van der Waals surface area contributed by atoms with Gasteiger partial charge in [0.05, 0.1) is 6.61 Å². The summed E-state index contributed by atoms with van der Waals surface area (Å²) >= 11 is 0. The molecule has 0 radical (unpaired) electrons. The van der Waals surface area contributed by atoms with Crippen LogP contribution in [-0.2, 0) is 31.0 Å². The van der Waals surface area contributed by atoms with Gasteiger partial charge in [-0.1, -0.05) is 24.3 Å². The van der Waals surface area contributed by atoms with Crippen molar-refractivity contribution in [2.45, 2.75) is 51.7 Å². The smallest absolute Gasteiger partial charge is 0.331 e. The number of carbonyl (C=O) groups excluding carboxylic acids is 2. The van der Waals surface area contributed by atoms with E-state index in [2.05, 4.69) is 0 Å². The van der Waals surface area contributed by atoms with Crippen LogP contribution in [0.5, 0.6) is 0 Å². The van der Waals surface area contributed by atoms with E-state index >= 15 is 0 Å². The lowest BCUT2D eigenvalue weighted by atomic mass is 9.76. The third-order valence-electron chi connectivity index (χ3n) is 4.34. The van der Waals surface area contributed by atoms with E-state index in [1.165, 1.54) is 6.92 Å². The second kappa shape index (κ2) is 6.93. The molecule has 24 heavy (non-hydrogen) atoms. The number of hydrogen-bond donors (Lipinski definition) is 0. The van der Waals surface area contributed by atoms with Gasteiger partial charge in [0.1, 0.15) is 11.1 Å². The van der Waals surface area contributed by atoms with Gasteiger partial charge in [0.25, 0.3) is 0 Å². The molecule has 1 aliphatic rings. The highest BCUT2D eigenvalue weighted by molar-refractivity contribution is 5.84. The van der Waals surface area contributed by atoms with Gasteiger partial charge in [-0.2, -0.15) is 0 Å². The molecule has 5 nitrogen and oxygen atoms in total. The van der Waals surface area contributed by atoms with Crippen LogP contribution in [0.4, 0.5) is 0 Å². The van der Waals surface area contributed by atoms with Gasteiger partial charge in [-0.15, -0.1) is 0 Å². The van der Waals surface area contributed by atoms with Crippen LogP contribution in [0.2, 0.25) is 0 Å². The fourth-order valence-corrected chi connectivity index (χ4v) is 3.08. The molecule has 1 aliphatic heterocycles. The average molecular weight is 333 g/mol. The van der Waals surface area contributed by atoms with Crippen LogP contribution in [0, 0.1) is 0 Å². The van der Waals surface area contributed by atoms with E-state index in [1.54, 1.807) is 0 Å². The minimum Gasteiger partial charge on any atom is -0.466 e. The first-order chi connectivity index (χ1) is 11.2. The minimum atomic E-state index is -0.750. The van der Waals surface area contributed by atoms with Crippen molar-refractivity contribution in [2.75, 3.05) is 20.2 Å². The zero-order valence-electron chi connectivity index (χ0n) is 15.2. The zero-order valence-corrected chi connectivity index (χ0v) is 15.2. The van der Waals surface area contributed by atoms with Gasteiger partial charge in [-0.25, -0.2) is 4.79 Å². The molecule has 0 amide bonds. The van der Waals surface area contributed by atoms with Crippen LogP contribution in [0.1, 0.15) is 45.2 Å². The van der Waals surface area contributed by atoms with Crippen LogP contribution in [0.15, 0.2) is 24.3 Å². The van der Waals surface area contributed by atoms with Crippen molar-refractivity contribution in [1.29, 1.82) is 0 Å². The van der Waals surface area contributed by atoms with Crippen molar-refractivity contribution >= 4 is 11.9 Å². The highest BCUT2D eigenvalue weighted by Gasteiger charge is 2.53. The Balaban J connectivity index is 2.32. The van der Waals surface area contributed by atoms with Crippen LogP contribution < -0.4 is 0 Å². The fourth-order valence-electron chi connectivity index (χ4n) is 3.08. The second-order valence-corrected chi connectivity index (χ2v) is 7.28. The first-order valence-corrected chi connectivity index (χ1v) is 8.33. The first-order valence-electron chi connectivity index (χ1n) is 8.33. The molecule has 1 aromatic rings. The highest BCUT2D eigenvalue weighted by Crippen LogP contribution is 2.42. The number of likely N-dealkylation sites (N-methyl/N-ethyl adjacent to an activating group) is 1. The summed E-state index contributed by atoms with van der Waals surface area (Å²) in [6.45, 7) is 8.18. The van der Waals surface area contributed by atoms with E-state index in [1.807, 2.05) is 57.0 Å². The summed E-state index contributed by atoms with van der Waals surface area (Å²) < 4.78 is 10.8. The van der Waals surface area contributed by atoms with E-state index in [9.17, 15) is 9.59 Å². The highest BCUT2D eigenvalue weighted by atomic mass is 16.6. The molecule has 0 aromatic heterocycles. The Morgan fingerprint density at radius 3 is 2.42 bits per heavy atom. The van der Waals surface area contributed by atoms with Gasteiger partial charge in [0.15, 0.2) is 0 Å². The van der Waals surface area contributed by atoms with E-state index in [-0.39, 0.29) is 11.9 Å². The molecule has 1 saturated heterocycles. The number of nitrogens with zero attached hydrogens (tertiary/aromatic N) is 1. The van der Waals surface area contributed by atoms with Crippen molar-refractivity contribution in [3.05, 3.63) is 35.4 Å². The predicted octanol–water partition coefficient (Wildman–Crippen LogP) is 2.66. The molecule has 0 spiro atoms. The van der Waals surface area contributed by atoms with E-state index in [0.29, 0.717) is 13.0 Å². The molecule has 0 bridgehead atoms. The number of ether oxygens (including phenoxy) is 2. The molecule has 2 rings (SSSR count). The predicted molar refractivity (Wildman–Crippen MR) is 91.5 cm³/mol. The Labute approximate surface area is 143 Å². The van der Waals surface area contributed by atoms with Gasteiger partial charge in [0, 0.05) is 19.9 Å². The average Bonchev–Trinajstić information content (AvgIpc) is 2.45. The maximum absolute atomic E-state index is 13.0. The molecule has 1 heterocycles. The van der Waals surface area contributed by atoms with Gasteiger partial charge in [0.2, 0.25) is 0 Å².